The Morgan fingerprint density at radius 3 is 2.01 bits per heavy atom. The predicted molar refractivity (Wildman–Crippen MR) is 257 cm³/mol. The summed E-state index contributed by atoms with van der Waals surface area (Å²) in [7, 11) is 1.31. The number of carbonyl (C=O) groups is 4. The molecule has 0 radical (unpaired) electrons. The molecule has 4 N–H and O–H groups in total. The number of amides is 4. The van der Waals surface area contributed by atoms with Crippen molar-refractivity contribution in [3.05, 3.63) is 121 Å². The van der Waals surface area contributed by atoms with Crippen molar-refractivity contribution in [3.63, 3.8) is 0 Å². The number of alkyl carbamates (subject to hydrolysis) is 2. The van der Waals surface area contributed by atoms with Gasteiger partial charge in [0, 0.05) is 50.9 Å². The molecule has 0 unspecified atom stereocenters. The number of carbonyl (C=O) groups excluding carboxylic acids is 4. The van der Waals surface area contributed by atoms with E-state index in [0.717, 1.165) is 75.9 Å². The lowest BCUT2D eigenvalue weighted by molar-refractivity contribution is -0.137. The van der Waals surface area contributed by atoms with E-state index in [-0.39, 0.29) is 35.9 Å². The lowest BCUT2D eigenvalue weighted by Gasteiger charge is -2.34. The normalized spacial score (nSPS) is 19.8. The van der Waals surface area contributed by atoms with Gasteiger partial charge in [-0.05, 0) is 89.6 Å². The van der Waals surface area contributed by atoms with Gasteiger partial charge in [0.15, 0.2) is 0 Å². The minimum absolute atomic E-state index is 0.0325. The van der Waals surface area contributed by atoms with Crippen molar-refractivity contribution in [3.8, 4) is 33.6 Å². The highest BCUT2D eigenvalue weighted by Gasteiger charge is 2.41. The molecular weight excluding hydrogens is 877 g/mol. The summed E-state index contributed by atoms with van der Waals surface area (Å²) in [5.41, 5.74) is 6.42. The molecule has 4 amide bonds. The smallest absolute Gasteiger partial charge is 0.408 e. The maximum Gasteiger partial charge on any atom is 0.408 e. The van der Waals surface area contributed by atoms with Crippen molar-refractivity contribution in [2.24, 2.45) is 5.92 Å². The first kappa shape index (κ1) is 45.7. The zero-order valence-electron chi connectivity index (χ0n) is 38.7. The fourth-order valence-electron chi connectivity index (χ4n) is 10.4. The standard InChI is InChI=1S/C53H58N8O8/c1-66-52(64)58-47(36-19-25-67-26-20-36)51(63)61-24-6-10-45(61)49-55-32-43(57-49)40-18-17-38-29-37(15-16-39(38)30-40)33-11-13-34(14-12-33)42-31-54-48(56-42)44-9-5-23-60(44)50(62)46(35-7-3-2-4-8-35)59-53(65)69-41-21-27-68-28-22-41/h2-4,7-8,11-18,29-32,36,41,44-47H,5-6,9-10,19-28H2,1H3,(H,54,56)(H,55,57)(H,58,64)(H,59,65)/t44-,45-,46+,47-/m0/s1. The molecular formula is C53H58N8O8. The molecule has 4 aliphatic rings. The predicted octanol–water partition coefficient (Wildman–Crippen LogP) is 8.41. The summed E-state index contributed by atoms with van der Waals surface area (Å²) in [5, 5.41) is 7.87. The van der Waals surface area contributed by atoms with Gasteiger partial charge < -0.3 is 49.3 Å². The van der Waals surface area contributed by atoms with Crippen LogP contribution in [0.1, 0.15) is 86.7 Å². The molecule has 6 heterocycles. The van der Waals surface area contributed by atoms with Crippen LogP contribution in [-0.4, -0.2) is 113 Å². The third kappa shape index (κ3) is 10.1. The molecule has 0 spiro atoms. The number of nitrogens with one attached hydrogen (secondary N) is 4. The van der Waals surface area contributed by atoms with Gasteiger partial charge in [-0.1, -0.05) is 78.9 Å². The second-order valence-electron chi connectivity index (χ2n) is 18.4. The summed E-state index contributed by atoms with van der Waals surface area (Å²) < 4.78 is 21.5. The van der Waals surface area contributed by atoms with Crippen molar-refractivity contribution in [1.82, 2.24) is 40.4 Å². The molecule has 16 heteroatoms. The van der Waals surface area contributed by atoms with Crippen molar-refractivity contribution in [2.75, 3.05) is 46.6 Å². The highest BCUT2D eigenvalue weighted by Crippen LogP contribution is 2.37. The first-order valence-electron chi connectivity index (χ1n) is 24.2. The van der Waals surface area contributed by atoms with Crippen LogP contribution in [0.15, 0.2) is 103 Å². The largest absolute Gasteiger partial charge is 0.453 e. The maximum absolute atomic E-state index is 14.3. The molecule has 358 valence electrons. The molecule has 16 nitrogen and oxygen atoms in total. The molecule has 4 aliphatic heterocycles. The quantitative estimate of drug-likeness (QED) is 0.0926. The molecule has 4 saturated heterocycles. The lowest BCUT2D eigenvalue weighted by Crippen LogP contribution is -2.53. The van der Waals surface area contributed by atoms with Crippen molar-refractivity contribution in [2.45, 2.75) is 81.6 Å². The highest BCUT2D eigenvalue weighted by molar-refractivity contribution is 5.91. The number of hydrogen-bond donors (Lipinski definition) is 4. The van der Waals surface area contributed by atoms with Gasteiger partial charge in [-0.3, -0.25) is 9.59 Å². The second-order valence-corrected chi connectivity index (χ2v) is 18.4. The molecule has 10 rings (SSSR count). The van der Waals surface area contributed by atoms with E-state index in [1.807, 2.05) is 52.5 Å². The first-order chi connectivity index (χ1) is 33.8. The van der Waals surface area contributed by atoms with Gasteiger partial charge in [0.05, 0.1) is 50.0 Å². The number of rotatable bonds is 12. The molecule has 4 aromatic carbocycles. The number of fused-ring (bicyclic) bond motifs is 1. The Bertz CT molecular complexity index is 2760. The van der Waals surface area contributed by atoms with Gasteiger partial charge in [-0.15, -0.1) is 0 Å². The Morgan fingerprint density at radius 1 is 0.681 bits per heavy atom. The monoisotopic (exact) mass is 934 g/mol. The van der Waals surface area contributed by atoms with Crippen LogP contribution in [0.2, 0.25) is 0 Å². The fraction of sp³-hybridized carbons (Fsp3) is 0.396. The first-order valence-corrected chi connectivity index (χ1v) is 24.2. The molecule has 4 fully saturated rings. The third-order valence-electron chi connectivity index (χ3n) is 14.1. The van der Waals surface area contributed by atoms with Crippen LogP contribution in [0.25, 0.3) is 44.4 Å². The Balaban J connectivity index is 0.797. The summed E-state index contributed by atoms with van der Waals surface area (Å²) in [4.78, 5) is 74.1. The molecule has 4 atom stereocenters. The number of ether oxygens (including phenoxy) is 4. The second kappa shape index (κ2) is 20.7. The number of methoxy groups -OCH3 is 1. The zero-order valence-corrected chi connectivity index (χ0v) is 38.7. The number of aromatic amines is 2. The van der Waals surface area contributed by atoms with Crippen LogP contribution in [0, 0.1) is 5.92 Å². The number of likely N-dealkylation sites (tertiary alicyclic amines) is 2. The fourth-order valence-corrected chi connectivity index (χ4v) is 10.4. The minimum Gasteiger partial charge on any atom is -0.453 e. The summed E-state index contributed by atoms with van der Waals surface area (Å²) in [6, 6.07) is 28.3. The van der Waals surface area contributed by atoms with Crippen LogP contribution in [0.5, 0.6) is 0 Å². The average molecular weight is 935 g/mol. The van der Waals surface area contributed by atoms with Gasteiger partial charge in [0.2, 0.25) is 5.91 Å². The van der Waals surface area contributed by atoms with Crippen LogP contribution in [0.4, 0.5) is 9.59 Å². The number of imidazole rings is 2. The van der Waals surface area contributed by atoms with Crippen molar-refractivity contribution >= 4 is 34.8 Å². The number of hydrogen-bond acceptors (Lipinski definition) is 10. The molecule has 2 aromatic heterocycles. The van der Waals surface area contributed by atoms with Gasteiger partial charge in [-0.25, -0.2) is 19.6 Å². The summed E-state index contributed by atoms with van der Waals surface area (Å²) in [5.74, 6) is 1.08. The van der Waals surface area contributed by atoms with Crippen LogP contribution in [0.3, 0.4) is 0 Å². The summed E-state index contributed by atoms with van der Waals surface area (Å²) >= 11 is 0. The number of H-pyrrole nitrogens is 2. The van der Waals surface area contributed by atoms with Crippen LogP contribution >= 0.6 is 0 Å². The minimum atomic E-state index is -0.905. The Morgan fingerprint density at radius 2 is 1.30 bits per heavy atom. The lowest BCUT2D eigenvalue weighted by atomic mass is 9.90. The summed E-state index contributed by atoms with van der Waals surface area (Å²) in [6.07, 6.45) is 8.06. The molecule has 6 aromatic rings. The Labute approximate surface area is 400 Å². The number of nitrogens with zero attached hydrogens (tertiary/aromatic N) is 4. The molecule has 0 saturated carbocycles. The van der Waals surface area contributed by atoms with Crippen LogP contribution < -0.4 is 10.6 Å². The zero-order chi connectivity index (χ0) is 47.3. The highest BCUT2D eigenvalue weighted by atomic mass is 16.6. The summed E-state index contributed by atoms with van der Waals surface area (Å²) in [6.45, 7) is 3.33. The Kier molecular flexibility index (Phi) is 13.7. The van der Waals surface area contributed by atoms with E-state index in [4.69, 9.17) is 28.9 Å². The Hall–Kier alpha value is -7.04. The van der Waals surface area contributed by atoms with E-state index in [9.17, 15) is 19.2 Å². The van der Waals surface area contributed by atoms with E-state index >= 15 is 0 Å². The third-order valence-corrected chi connectivity index (χ3v) is 14.1. The SMILES string of the molecule is COC(=O)N[C@H](C(=O)N1CCC[C@H]1c1nc(-c2ccc3cc(-c4ccc(-c5cnc([C@@H]6CCCN6C(=O)[C@H](NC(=O)OC6CCOCC6)c6ccccc6)[nH]5)cc4)ccc3c2)c[nH]1)C1CCOCC1. The van der Waals surface area contributed by atoms with Crippen molar-refractivity contribution < 1.29 is 38.1 Å². The number of aromatic nitrogens is 4. The van der Waals surface area contributed by atoms with Crippen molar-refractivity contribution in [1.29, 1.82) is 0 Å². The maximum atomic E-state index is 14.3. The molecule has 69 heavy (non-hydrogen) atoms. The van der Waals surface area contributed by atoms with Gasteiger partial charge in [-0.2, -0.15) is 0 Å². The van der Waals surface area contributed by atoms with Crippen LogP contribution in [-0.2, 0) is 28.5 Å². The van der Waals surface area contributed by atoms with Gasteiger partial charge in [0.25, 0.3) is 5.91 Å². The van der Waals surface area contributed by atoms with Gasteiger partial charge in [0.1, 0.15) is 29.8 Å². The molecule has 0 bridgehead atoms. The number of benzene rings is 4. The van der Waals surface area contributed by atoms with E-state index in [1.54, 1.807) is 0 Å². The van der Waals surface area contributed by atoms with E-state index in [1.165, 1.54) is 7.11 Å². The van der Waals surface area contributed by atoms with E-state index in [0.29, 0.717) is 76.6 Å². The van der Waals surface area contributed by atoms with Gasteiger partial charge >= 0.3 is 12.2 Å². The average Bonchev–Trinajstić information content (AvgIpc) is 4.26. The van der Waals surface area contributed by atoms with E-state index < -0.39 is 24.3 Å². The molecule has 0 aliphatic carbocycles. The topological polar surface area (TPSA) is 193 Å². The van der Waals surface area contributed by atoms with E-state index in [2.05, 4.69) is 81.3 Å².